The average molecular weight is 360 g/mol. The number of hydrogen-bond acceptors (Lipinski definition) is 5. The first kappa shape index (κ1) is 17.3. The zero-order valence-electron chi connectivity index (χ0n) is 15.6. The molecule has 0 amide bonds. The van der Waals surface area contributed by atoms with Gasteiger partial charge >= 0.3 is 0 Å². The molecule has 0 spiro atoms. The molecule has 2 heterocycles. The molecule has 0 fully saturated rings. The lowest BCUT2D eigenvalue weighted by molar-refractivity contribution is 0.414. The molecule has 0 saturated carbocycles. The molecule has 4 rings (SSSR count). The standard InChI is InChI=1S/C22H24N4O/c1-27-20-8-4-5-17(13-20)9-11-23-21-14-22(25-16-24-21)26-12-10-18-6-2-3-7-19(18)15-26/h2-8,13-14,16H,9-12,15H2,1H3,(H,23,24,25). The van der Waals surface area contributed by atoms with E-state index in [0.717, 1.165) is 49.9 Å². The molecule has 1 aromatic heterocycles. The summed E-state index contributed by atoms with van der Waals surface area (Å²) in [6.07, 6.45) is 3.61. The van der Waals surface area contributed by atoms with Gasteiger partial charge in [-0.2, -0.15) is 0 Å². The quantitative estimate of drug-likeness (QED) is 0.726. The first-order valence-corrected chi connectivity index (χ1v) is 9.32. The van der Waals surface area contributed by atoms with E-state index >= 15 is 0 Å². The minimum Gasteiger partial charge on any atom is -0.497 e. The Morgan fingerprint density at radius 2 is 1.93 bits per heavy atom. The van der Waals surface area contributed by atoms with Crippen molar-refractivity contribution < 1.29 is 4.74 Å². The van der Waals surface area contributed by atoms with Crippen molar-refractivity contribution in [2.75, 3.05) is 30.4 Å². The van der Waals surface area contributed by atoms with E-state index in [2.05, 4.69) is 56.6 Å². The van der Waals surface area contributed by atoms with Gasteiger partial charge in [0.25, 0.3) is 0 Å². The van der Waals surface area contributed by atoms with Crippen LogP contribution < -0.4 is 15.0 Å². The van der Waals surface area contributed by atoms with Crippen LogP contribution in [-0.2, 0) is 19.4 Å². The third-order valence-electron chi connectivity index (χ3n) is 4.96. The number of benzene rings is 2. The second-order valence-corrected chi connectivity index (χ2v) is 6.73. The molecule has 1 N–H and O–H groups in total. The maximum atomic E-state index is 5.28. The first-order chi connectivity index (χ1) is 13.3. The number of hydrogen-bond donors (Lipinski definition) is 1. The maximum Gasteiger partial charge on any atom is 0.134 e. The summed E-state index contributed by atoms with van der Waals surface area (Å²) in [5.74, 6) is 2.73. The van der Waals surface area contributed by atoms with Crippen molar-refractivity contribution in [3.8, 4) is 5.75 Å². The number of nitrogens with zero attached hydrogens (tertiary/aromatic N) is 3. The summed E-state index contributed by atoms with van der Waals surface area (Å²) in [4.78, 5) is 11.2. The Bertz CT molecular complexity index is 912. The van der Waals surface area contributed by atoms with E-state index in [1.54, 1.807) is 13.4 Å². The highest BCUT2D eigenvalue weighted by molar-refractivity contribution is 5.50. The van der Waals surface area contributed by atoms with E-state index in [-0.39, 0.29) is 0 Å². The lowest BCUT2D eigenvalue weighted by Crippen LogP contribution is -2.31. The topological polar surface area (TPSA) is 50.3 Å². The zero-order valence-corrected chi connectivity index (χ0v) is 15.6. The van der Waals surface area contributed by atoms with Crippen molar-refractivity contribution in [2.24, 2.45) is 0 Å². The van der Waals surface area contributed by atoms with E-state index in [1.165, 1.54) is 16.7 Å². The van der Waals surface area contributed by atoms with Gasteiger partial charge in [0.15, 0.2) is 0 Å². The molecule has 27 heavy (non-hydrogen) atoms. The Kier molecular flexibility index (Phi) is 5.19. The molecule has 1 aliphatic heterocycles. The van der Waals surface area contributed by atoms with Crippen LogP contribution in [0.2, 0.25) is 0 Å². The summed E-state index contributed by atoms with van der Waals surface area (Å²) in [6.45, 7) is 2.69. The van der Waals surface area contributed by atoms with Crippen LogP contribution in [0.3, 0.4) is 0 Å². The number of nitrogens with one attached hydrogen (secondary N) is 1. The Morgan fingerprint density at radius 1 is 1.04 bits per heavy atom. The van der Waals surface area contributed by atoms with Crippen molar-refractivity contribution in [2.45, 2.75) is 19.4 Å². The smallest absolute Gasteiger partial charge is 0.134 e. The van der Waals surface area contributed by atoms with E-state index in [0.29, 0.717) is 0 Å². The van der Waals surface area contributed by atoms with Gasteiger partial charge in [-0.25, -0.2) is 9.97 Å². The van der Waals surface area contributed by atoms with Gasteiger partial charge in [-0.3, -0.25) is 0 Å². The molecular weight excluding hydrogens is 336 g/mol. The highest BCUT2D eigenvalue weighted by Gasteiger charge is 2.17. The fourth-order valence-electron chi connectivity index (χ4n) is 3.47. The van der Waals surface area contributed by atoms with Crippen molar-refractivity contribution in [3.05, 3.63) is 77.6 Å². The van der Waals surface area contributed by atoms with Crippen LogP contribution in [0.15, 0.2) is 60.9 Å². The molecule has 3 aromatic rings. The van der Waals surface area contributed by atoms with E-state index in [4.69, 9.17) is 4.74 Å². The summed E-state index contributed by atoms with van der Waals surface area (Å²) in [5.41, 5.74) is 4.07. The maximum absolute atomic E-state index is 5.28. The molecule has 0 saturated heterocycles. The predicted molar refractivity (Wildman–Crippen MR) is 108 cm³/mol. The van der Waals surface area contributed by atoms with E-state index in [9.17, 15) is 0 Å². The molecular formula is C22H24N4O. The third kappa shape index (κ3) is 4.19. The second-order valence-electron chi connectivity index (χ2n) is 6.73. The monoisotopic (exact) mass is 360 g/mol. The lowest BCUT2D eigenvalue weighted by Gasteiger charge is -2.29. The normalized spacial score (nSPS) is 13.1. The molecule has 0 bridgehead atoms. The fourth-order valence-corrected chi connectivity index (χ4v) is 3.47. The van der Waals surface area contributed by atoms with Crippen molar-refractivity contribution >= 4 is 11.6 Å². The third-order valence-corrected chi connectivity index (χ3v) is 4.96. The number of rotatable bonds is 6. The molecule has 5 heteroatoms. The van der Waals surface area contributed by atoms with Crippen LogP contribution >= 0.6 is 0 Å². The van der Waals surface area contributed by atoms with Crippen LogP contribution in [0.5, 0.6) is 5.75 Å². The number of methoxy groups -OCH3 is 1. The van der Waals surface area contributed by atoms with Gasteiger partial charge in [0.2, 0.25) is 0 Å². The van der Waals surface area contributed by atoms with Crippen LogP contribution in [0.1, 0.15) is 16.7 Å². The molecule has 1 aliphatic rings. The summed E-state index contributed by atoms with van der Waals surface area (Å²) in [7, 11) is 1.69. The summed E-state index contributed by atoms with van der Waals surface area (Å²) in [6, 6.07) is 18.8. The molecule has 0 aliphatic carbocycles. The molecule has 138 valence electrons. The molecule has 2 aromatic carbocycles. The van der Waals surface area contributed by atoms with Crippen molar-refractivity contribution in [1.29, 1.82) is 0 Å². The average Bonchev–Trinajstić information content (AvgIpc) is 2.74. The van der Waals surface area contributed by atoms with Crippen molar-refractivity contribution in [1.82, 2.24) is 9.97 Å². The van der Waals surface area contributed by atoms with Gasteiger partial charge in [0.1, 0.15) is 23.7 Å². The zero-order chi connectivity index (χ0) is 18.5. The SMILES string of the molecule is COc1cccc(CCNc2cc(N3CCc4ccccc4C3)ncn2)c1. The van der Waals surface area contributed by atoms with Crippen molar-refractivity contribution in [3.63, 3.8) is 0 Å². The van der Waals surface area contributed by atoms with Gasteiger partial charge in [-0.15, -0.1) is 0 Å². The molecule has 5 nitrogen and oxygen atoms in total. The molecule has 0 unspecified atom stereocenters. The minimum atomic E-state index is 0.812. The second kappa shape index (κ2) is 8.08. The largest absolute Gasteiger partial charge is 0.497 e. The summed E-state index contributed by atoms with van der Waals surface area (Å²) < 4.78 is 5.28. The van der Waals surface area contributed by atoms with Gasteiger partial charge in [0.05, 0.1) is 7.11 Å². The Balaban J connectivity index is 1.38. The Labute approximate surface area is 160 Å². The minimum absolute atomic E-state index is 0.812. The van der Waals surface area contributed by atoms with E-state index < -0.39 is 0 Å². The Hall–Kier alpha value is -3.08. The van der Waals surface area contributed by atoms with Gasteiger partial charge in [-0.05, 0) is 41.7 Å². The van der Waals surface area contributed by atoms with Gasteiger partial charge < -0.3 is 15.0 Å². The number of ether oxygens (including phenoxy) is 1. The van der Waals surface area contributed by atoms with Gasteiger partial charge in [-0.1, -0.05) is 36.4 Å². The fraction of sp³-hybridized carbons (Fsp3) is 0.273. The summed E-state index contributed by atoms with van der Waals surface area (Å²) >= 11 is 0. The highest BCUT2D eigenvalue weighted by Crippen LogP contribution is 2.24. The Morgan fingerprint density at radius 3 is 2.81 bits per heavy atom. The van der Waals surface area contributed by atoms with Crippen LogP contribution in [0.4, 0.5) is 11.6 Å². The number of anilines is 2. The first-order valence-electron chi connectivity index (χ1n) is 9.32. The highest BCUT2D eigenvalue weighted by atomic mass is 16.5. The van der Waals surface area contributed by atoms with Gasteiger partial charge in [0, 0.05) is 25.7 Å². The van der Waals surface area contributed by atoms with Crippen LogP contribution in [-0.4, -0.2) is 30.2 Å². The number of aromatic nitrogens is 2. The van der Waals surface area contributed by atoms with Crippen LogP contribution in [0, 0.1) is 0 Å². The molecule has 0 radical (unpaired) electrons. The lowest BCUT2D eigenvalue weighted by atomic mass is 10.00. The summed E-state index contributed by atoms with van der Waals surface area (Å²) in [5, 5.41) is 3.41. The predicted octanol–water partition coefficient (Wildman–Crippen LogP) is 3.70. The van der Waals surface area contributed by atoms with E-state index in [1.807, 2.05) is 18.2 Å². The van der Waals surface area contributed by atoms with Crippen LogP contribution in [0.25, 0.3) is 0 Å². The molecule has 0 atom stereocenters. The number of fused-ring (bicyclic) bond motifs is 1.